The van der Waals surface area contributed by atoms with Gasteiger partial charge in [-0.15, -0.1) is 5.69 Å². The van der Waals surface area contributed by atoms with Gasteiger partial charge in [-0.25, -0.2) is 4.98 Å². The van der Waals surface area contributed by atoms with Gasteiger partial charge in [0, 0.05) is 16.8 Å². The second kappa shape index (κ2) is 7.81. The maximum atomic E-state index is 12.8. The van der Waals surface area contributed by atoms with E-state index < -0.39 is 17.6 Å². The Morgan fingerprint density at radius 1 is 1.45 bits per heavy atom. The number of benzene rings is 1. The lowest BCUT2D eigenvalue weighted by atomic mass is 10.2. The van der Waals surface area contributed by atoms with Crippen LogP contribution in [0.1, 0.15) is 18.4 Å². The Labute approximate surface area is 175 Å². The van der Waals surface area contributed by atoms with Gasteiger partial charge in [0.15, 0.2) is 0 Å². The molecular formula is C19H19ClN3O5S-. The summed E-state index contributed by atoms with van der Waals surface area (Å²) in [6.07, 6.45) is 3.11. The number of amides is 1. The van der Waals surface area contributed by atoms with Crippen molar-refractivity contribution in [2.24, 2.45) is 0 Å². The number of carbonyl (C=O) groups is 1. The first-order chi connectivity index (χ1) is 14.0. The lowest BCUT2D eigenvalue weighted by molar-refractivity contribution is -0.138. The largest absolute Gasteiger partial charge is 0.597 e. The lowest BCUT2D eigenvalue weighted by Gasteiger charge is -2.28. The molecule has 1 saturated carbocycles. The zero-order valence-electron chi connectivity index (χ0n) is 15.6. The van der Waals surface area contributed by atoms with Crippen molar-refractivity contribution in [3.8, 4) is 11.6 Å². The van der Waals surface area contributed by atoms with Crippen LogP contribution >= 0.6 is 11.6 Å². The molecule has 4 rings (SSSR count). The van der Waals surface area contributed by atoms with Crippen LogP contribution in [0, 0.1) is 0 Å². The highest BCUT2D eigenvalue weighted by Crippen LogP contribution is 2.46. The molecule has 0 bridgehead atoms. The zero-order valence-corrected chi connectivity index (χ0v) is 17.2. The van der Waals surface area contributed by atoms with Crippen molar-refractivity contribution in [1.29, 1.82) is 0 Å². The molecule has 1 fully saturated rings. The molecule has 1 aliphatic carbocycles. The highest BCUT2D eigenvalue weighted by molar-refractivity contribution is 7.88. The maximum Gasteiger partial charge on any atom is 0.249 e. The quantitative estimate of drug-likeness (QED) is 0.772. The number of nitrogens with zero attached hydrogens (tertiary/aromatic N) is 3. The standard InChI is InChI=1S/C19H19ClN3O5S/c1-27-15-3-2-13(20)7-16(15)29(26)22-14-6-12-9-23(17(25)10-24)19(4-5-19)11-28-18(12)21-8-14/h2-3,6-8,24H,4-5,9-11H2,1H3/q-1. The van der Waals surface area contributed by atoms with Gasteiger partial charge in [-0.2, -0.15) is 0 Å². The van der Waals surface area contributed by atoms with E-state index in [1.807, 2.05) is 0 Å². The SMILES string of the molecule is COc1ccc(Cl)cc1S(=O)[N-]c1cnc2c(c1)CN(C(=O)CO)C1(CC1)CO2. The van der Waals surface area contributed by atoms with Gasteiger partial charge in [0.1, 0.15) is 19.0 Å². The molecule has 2 aliphatic rings. The molecule has 1 spiro atoms. The molecular weight excluding hydrogens is 418 g/mol. The van der Waals surface area contributed by atoms with Gasteiger partial charge in [0.25, 0.3) is 0 Å². The molecule has 0 saturated heterocycles. The third-order valence-corrected chi connectivity index (χ3v) is 6.36. The minimum Gasteiger partial charge on any atom is -0.597 e. The minimum absolute atomic E-state index is 0.248. The van der Waals surface area contributed by atoms with Crippen molar-refractivity contribution in [3.05, 3.63) is 45.8 Å². The van der Waals surface area contributed by atoms with E-state index in [2.05, 4.69) is 9.71 Å². The smallest absolute Gasteiger partial charge is 0.249 e. The molecule has 10 heteroatoms. The molecule has 2 aromatic rings. The molecule has 1 amide bonds. The summed E-state index contributed by atoms with van der Waals surface area (Å²) in [7, 11) is -0.291. The predicted octanol–water partition coefficient (Wildman–Crippen LogP) is 2.72. The first-order valence-corrected chi connectivity index (χ1v) is 10.4. The van der Waals surface area contributed by atoms with Crippen LogP contribution in [0.4, 0.5) is 5.69 Å². The Morgan fingerprint density at radius 2 is 2.24 bits per heavy atom. The van der Waals surface area contributed by atoms with Gasteiger partial charge in [0.05, 0.1) is 24.1 Å². The van der Waals surface area contributed by atoms with Crippen LogP contribution in [0.2, 0.25) is 5.02 Å². The van der Waals surface area contributed by atoms with E-state index in [1.165, 1.54) is 13.3 Å². The second-order valence-corrected chi connectivity index (χ2v) is 8.50. The summed E-state index contributed by atoms with van der Waals surface area (Å²) in [5, 5.41) is 9.75. The van der Waals surface area contributed by atoms with Gasteiger partial charge in [-0.1, -0.05) is 17.7 Å². The molecule has 1 aromatic heterocycles. The number of halogens is 1. The summed E-state index contributed by atoms with van der Waals surface area (Å²) in [5.41, 5.74) is 0.636. The van der Waals surface area contributed by atoms with Crippen LogP contribution < -0.4 is 9.47 Å². The van der Waals surface area contributed by atoms with Crippen molar-refractivity contribution >= 4 is 34.2 Å². The van der Waals surface area contributed by atoms with E-state index in [1.54, 1.807) is 29.2 Å². The number of hydrogen-bond acceptors (Lipinski definition) is 6. The number of pyridine rings is 1. The molecule has 8 nitrogen and oxygen atoms in total. The van der Waals surface area contributed by atoms with E-state index in [-0.39, 0.29) is 18.0 Å². The Morgan fingerprint density at radius 3 is 2.93 bits per heavy atom. The third kappa shape index (κ3) is 3.90. The molecule has 29 heavy (non-hydrogen) atoms. The molecule has 1 N–H and O–H groups in total. The number of methoxy groups -OCH3 is 1. The van der Waals surface area contributed by atoms with Crippen LogP contribution in [0.15, 0.2) is 35.4 Å². The predicted molar refractivity (Wildman–Crippen MR) is 107 cm³/mol. The summed E-state index contributed by atoms with van der Waals surface area (Å²) in [6.45, 7) is 0.0201. The summed E-state index contributed by atoms with van der Waals surface area (Å²) in [5.74, 6) is 0.473. The topological polar surface area (TPSA) is 103 Å². The first kappa shape index (κ1) is 19.9. The monoisotopic (exact) mass is 436 g/mol. The molecule has 1 aromatic carbocycles. The van der Waals surface area contributed by atoms with Gasteiger partial charge < -0.3 is 24.2 Å². The fourth-order valence-corrected chi connectivity index (χ4v) is 4.50. The van der Waals surface area contributed by atoms with E-state index in [0.29, 0.717) is 39.4 Å². The summed E-state index contributed by atoms with van der Waals surface area (Å²) in [6, 6.07) is 6.50. The third-order valence-electron chi connectivity index (χ3n) is 5.06. The molecule has 1 atom stereocenters. The van der Waals surface area contributed by atoms with Gasteiger partial charge >= 0.3 is 0 Å². The minimum atomic E-state index is -1.77. The lowest BCUT2D eigenvalue weighted by Crippen LogP contribution is -2.45. The second-order valence-electron chi connectivity index (χ2n) is 6.94. The highest BCUT2D eigenvalue weighted by Gasteiger charge is 2.52. The number of hydrogen-bond donors (Lipinski definition) is 1. The Hall–Kier alpha value is -2.36. The average molecular weight is 437 g/mol. The maximum absolute atomic E-state index is 12.8. The number of ether oxygens (including phenoxy) is 2. The Bertz CT molecular complexity index is 982. The van der Waals surface area contributed by atoms with Crippen LogP contribution in [0.25, 0.3) is 4.72 Å². The van der Waals surface area contributed by atoms with Crippen LogP contribution in [0.5, 0.6) is 11.6 Å². The fourth-order valence-electron chi connectivity index (χ4n) is 3.33. The summed E-state index contributed by atoms with van der Waals surface area (Å²) < 4.78 is 28.0. The van der Waals surface area contributed by atoms with Crippen molar-refractivity contribution in [2.75, 3.05) is 20.3 Å². The average Bonchev–Trinajstić information content (AvgIpc) is 3.53. The van der Waals surface area contributed by atoms with E-state index in [4.69, 9.17) is 21.1 Å². The van der Waals surface area contributed by atoms with Gasteiger partial charge in [-0.3, -0.25) is 9.00 Å². The summed E-state index contributed by atoms with van der Waals surface area (Å²) >= 11 is 6.01. The number of aromatic nitrogens is 1. The van der Waals surface area contributed by atoms with Crippen LogP contribution in [-0.4, -0.2) is 51.0 Å². The normalized spacial score (nSPS) is 17.7. The molecule has 2 heterocycles. The number of aliphatic hydroxyl groups is 1. The highest BCUT2D eigenvalue weighted by atomic mass is 35.5. The number of fused-ring (bicyclic) bond motifs is 1. The first-order valence-electron chi connectivity index (χ1n) is 8.96. The molecule has 154 valence electrons. The van der Waals surface area contributed by atoms with Crippen LogP contribution in [0.3, 0.4) is 0 Å². The number of carbonyl (C=O) groups excluding carboxylic acids is 1. The van der Waals surface area contributed by atoms with Gasteiger partial charge in [-0.05, 0) is 42.0 Å². The van der Waals surface area contributed by atoms with E-state index in [0.717, 1.165) is 12.8 Å². The van der Waals surface area contributed by atoms with Crippen molar-refractivity contribution in [1.82, 2.24) is 9.88 Å². The van der Waals surface area contributed by atoms with E-state index >= 15 is 0 Å². The Balaban J connectivity index is 1.59. The van der Waals surface area contributed by atoms with Gasteiger partial charge in [0.2, 0.25) is 11.8 Å². The molecule has 1 aliphatic heterocycles. The van der Waals surface area contributed by atoms with Crippen LogP contribution in [-0.2, 0) is 22.3 Å². The Kier molecular flexibility index (Phi) is 5.37. The number of rotatable bonds is 5. The van der Waals surface area contributed by atoms with E-state index in [9.17, 15) is 14.1 Å². The fraction of sp³-hybridized carbons (Fsp3) is 0.368. The zero-order chi connectivity index (χ0) is 20.6. The summed E-state index contributed by atoms with van der Waals surface area (Å²) in [4.78, 5) is 18.5. The van der Waals surface area contributed by atoms with Crippen molar-refractivity contribution < 1.29 is 23.6 Å². The molecule has 1 unspecified atom stereocenters. The van der Waals surface area contributed by atoms with Crippen molar-refractivity contribution in [2.45, 2.75) is 29.8 Å². The molecule has 0 radical (unpaired) electrons. The van der Waals surface area contributed by atoms with Crippen molar-refractivity contribution in [3.63, 3.8) is 0 Å². The number of aliphatic hydroxyl groups excluding tert-OH is 1.